The summed E-state index contributed by atoms with van der Waals surface area (Å²) < 4.78 is 18.2. The fraction of sp³-hybridized carbons (Fsp3) is 0.552. The predicted octanol–water partition coefficient (Wildman–Crippen LogP) is 6.97. The zero-order valence-electron chi connectivity index (χ0n) is 22.1. The lowest BCUT2D eigenvalue weighted by atomic mass is 10.0. The first-order chi connectivity index (χ1) is 16.1. The Balaban J connectivity index is 1.98. The van der Waals surface area contributed by atoms with E-state index in [0.717, 1.165) is 49.2 Å². The Morgan fingerprint density at radius 2 is 1.53 bits per heavy atom. The highest BCUT2D eigenvalue weighted by Gasteiger charge is 2.21. The summed E-state index contributed by atoms with van der Waals surface area (Å²) in [5, 5.41) is 3.02. The molecule has 0 aliphatic rings. The highest BCUT2D eigenvalue weighted by Crippen LogP contribution is 2.32. The van der Waals surface area contributed by atoms with Crippen molar-refractivity contribution < 1.29 is 19.0 Å². The van der Waals surface area contributed by atoms with Crippen LogP contribution >= 0.6 is 0 Å². The molecule has 0 heterocycles. The van der Waals surface area contributed by atoms with Gasteiger partial charge in [0.15, 0.2) is 0 Å². The molecule has 0 saturated carbocycles. The van der Waals surface area contributed by atoms with E-state index in [1.165, 1.54) is 0 Å². The van der Waals surface area contributed by atoms with Crippen molar-refractivity contribution in [1.82, 2.24) is 5.32 Å². The Kier molecular flexibility index (Phi) is 10.3. The van der Waals surface area contributed by atoms with Gasteiger partial charge in [0.05, 0.1) is 12.2 Å². The van der Waals surface area contributed by atoms with E-state index in [2.05, 4.69) is 52.9 Å². The van der Waals surface area contributed by atoms with Crippen molar-refractivity contribution in [2.45, 2.75) is 91.8 Å². The summed E-state index contributed by atoms with van der Waals surface area (Å²) in [5.41, 5.74) is 1.26. The second kappa shape index (κ2) is 12.7. The normalized spacial score (nSPS) is 11.7. The van der Waals surface area contributed by atoms with Crippen LogP contribution in [0.5, 0.6) is 17.2 Å². The summed E-state index contributed by atoms with van der Waals surface area (Å²) in [5.74, 6) is 2.23. The third-order valence-corrected chi connectivity index (χ3v) is 6.11. The second-order valence-corrected chi connectivity index (χ2v) is 9.84. The van der Waals surface area contributed by atoms with E-state index in [-0.39, 0.29) is 17.1 Å². The number of carbonyl (C=O) groups is 1. The molecule has 34 heavy (non-hydrogen) atoms. The third-order valence-electron chi connectivity index (χ3n) is 6.11. The summed E-state index contributed by atoms with van der Waals surface area (Å²) >= 11 is 0. The predicted molar refractivity (Wildman–Crippen MR) is 139 cm³/mol. The molecule has 2 aromatic rings. The molecule has 0 fully saturated rings. The van der Waals surface area contributed by atoms with Gasteiger partial charge in [-0.05, 0) is 90.5 Å². The first kappa shape index (κ1) is 27.6. The van der Waals surface area contributed by atoms with Gasteiger partial charge >= 0.3 is 0 Å². The van der Waals surface area contributed by atoms with Crippen molar-refractivity contribution in [1.29, 1.82) is 0 Å². The molecule has 0 aliphatic carbocycles. The van der Waals surface area contributed by atoms with Gasteiger partial charge in [-0.2, -0.15) is 0 Å². The molecule has 2 rings (SSSR count). The van der Waals surface area contributed by atoms with Crippen molar-refractivity contribution in [2.24, 2.45) is 0 Å². The number of nitrogens with one attached hydrogen (secondary N) is 1. The highest BCUT2D eigenvalue weighted by atomic mass is 16.5. The molecule has 1 N–H and O–H groups in total. The van der Waals surface area contributed by atoms with Crippen molar-refractivity contribution in [3.05, 3.63) is 53.6 Å². The number of amides is 1. The first-order valence-electron chi connectivity index (χ1n) is 12.6. The largest absolute Gasteiger partial charge is 0.493 e. The van der Waals surface area contributed by atoms with Gasteiger partial charge in [-0.15, -0.1) is 0 Å². The molecule has 0 unspecified atom stereocenters. The number of benzene rings is 2. The summed E-state index contributed by atoms with van der Waals surface area (Å²) in [4.78, 5) is 12.6. The fourth-order valence-corrected chi connectivity index (χ4v) is 3.33. The molecule has 0 bridgehead atoms. The van der Waals surface area contributed by atoms with Crippen LogP contribution in [0.3, 0.4) is 0 Å². The van der Waals surface area contributed by atoms with Gasteiger partial charge in [-0.3, -0.25) is 4.79 Å². The SMILES string of the molecule is CCOc1ccccc1C(=O)NCCCCc1ccc(OC(C)(C)CC)cc1OC(C)(C)CC. The monoisotopic (exact) mass is 469 g/mol. The van der Waals surface area contributed by atoms with Crippen molar-refractivity contribution in [3.63, 3.8) is 0 Å². The van der Waals surface area contributed by atoms with E-state index < -0.39 is 0 Å². The second-order valence-electron chi connectivity index (χ2n) is 9.84. The number of ether oxygens (including phenoxy) is 3. The summed E-state index contributed by atoms with van der Waals surface area (Å²) in [6.45, 7) is 15.7. The fourth-order valence-electron chi connectivity index (χ4n) is 3.33. The van der Waals surface area contributed by atoms with Crippen molar-refractivity contribution in [3.8, 4) is 17.2 Å². The van der Waals surface area contributed by atoms with Crippen molar-refractivity contribution >= 4 is 5.91 Å². The number of para-hydroxylation sites is 1. The van der Waals surface area contributed by atoms with E-state index in [1.54, 1.807) is 6.07 Å². The Labute approximate surface area is 206 Å². The molecule has 0 atom stereocenters. The molecule has 2 aromatic carbocycles. The Morgan fingerprint density at radius 1 is 0.853 bits per heavy atom. The highest BCUT2D eigenvalue weighted by molar-refractivity contribution is 5.96. The number of unbranched alkanes of at least 4 members (excludes halogenated alkanes) is 1. The van der Waals surface area contributed by atoms with Crippen LogP contribution in [0.25, 0.3) is 0 Å². The maximum absolute atomic E-state index is 12.6. The molecule has 0 aromatic heterocycles. The average Bonchev–Trinajstić information content (AvgIpc) is 2.80. The molecule has 0 aliphatic heterocycles. The van der Waals surface area contributed by atoms with E-state index in [1.807, 2.05) is 37.3 Å². The van der Waals surface area contributed by atoms with Crippen LogP contribution in [0, 0.1) is 0 Å². The molecular weight excluding hydrogens is 426 g/mol. The van der Waals surface area contributed by atoms with Crippen LogP contribution < -0.4 is 19.5 Å². The Hall–Kier alpha value is -2.69. The zero-order valence-corrected chi connectivity index (χ0v) is 22.1. The topological polar surface area (TPSA) is 56.8 Å². The van der Waals surface area contributed by atoms with Crippen LogP contribution in [0.15, 0.2) is 42.5 Å². The zero-order chi connectivity index (χ0) is 25.2. The standard InChI is InChI=1S/C29H43NO4/c1-8-28(4,5)33-23-19-18-22(26(21-23)34-29(6,7)9-2)15-13-14-20-30-27(31)24-16-11-12-17-25(24)32-10-3/h11-12,16-19,21H,8-10,13-15,20H2,1-7H3,(H,30,31). The number of hydrogen-bond acceptors (Lipinski definition) is 4. The minimum absolute atomic E-state index is 0.0993. The number of rotatable bonds is 14. The summed E-state index contributed by atoms with van der Waals surface area (Å²) in [6, 6.07) is 13.5. The van der Waals surface area contributed by atoms with Gasteiger partial charge < -0.3 is 19.5 Å². The van der Waals surface area contributed by atoms with E-state index in [9.17, 15) is 4.79 Å². The average molecular weight is 470 g/mol. The van der Waals surface area contributed by atoms with E-state index >= 15 is 0 Å². The Bertz CT molecular complexity index is 920. The summed E-state index contributed by atoms with van der Waals surface area (Å²) in [6.07, 6.45) is 4.52. The summed E-state index contributed by atoms with van der Waals surface area (Å²) in [7, 11) is 0. The lowest BCUT2D eigenvalue weighted by Gasteiger charge is -2.29. The van der Waals surface area contributed by atoms with E-state index in [4.69, 9.17) is 14.2 Å². The molecule has 1 amide bonds. The molecule has 0 spiro atoms. The molecule has 188 valence electrons. The third kappa shape index (κ3) is 8.58. The van der Waals surface area contributed by atoms with Crippen LogP contribution in [0.4, 0.5) is 0 Å². The first-order valence-corrected chi connectivity index (χ1v) is 12.6. The molecule has 0 radical (unpaired) electrons. The molecule has 5 heteroatoms. The number of carbonyl (C=O) groups excluding carboxylic acids is 1. The van der Waals surface area contributed by atoms with Crippen LogP contribution in [-0.4, -0.2) is 30.3 Å². The van der Waals surface area contributed by atoms with Gasteiger partial charge in [0.2, 0.25) is 0 Å². The lowest BCUT2D eigenvalue weighted by molar-refractivity contribution is 0.0939. The Morgan fingerprint density at radius 3 is 2.21 bits per heavy atom. The van der Waals surface area contributed by atoms with Crippen LogP contribution in [0.1, 0.15) is 90.1 Å². The molecule has 5 nitrogen and oxygen atoms in total. The van der Waals surface area contributed by atoms with Gasteiger partial charge in [0.25, 0.3) is 5.91 Å². The van der Waals surface area contributed by atoms with Gasteiger partial charge in [0.1, 0.15) is 28.5 Å². The number of hydrogen-bond donors (Lipinski definition) is 1. The van der Waals surface area contributed by atoms with Crippen LogP contribution in [0.2, 0.25) is 0 Å². The smallest absolute Gasteiger partial charge is 0.255 e. The van der Waals surface area contributed by atoms with Gasteiger partial charge in [-0.25, -0.2) is 0 Å². The maximum atomic E-state index is 12.6. The van der Waals surface area contributed by atoms with E-state index in [0.29, 0.717) is 24.5 Å². The minimum atomic E-state index is -0.254. The lowest BCUT2D eigenvalue weighted by Crippen LogP contribution is -2.28. The van der Waals surface area contributed by atoms with Crippen molar-refractivity contribution in [2.75, 3.05) is 13.2 Å². The maximum Gasteiger partial charge on any atom is 0.255 e. The number of aryl methyl sites for hydroxylation is 1. The quantitative estimate of drug-likeness (QED) is 0.303. The molecule has 0 saturated heterocycles. The van der Waals surface area contributed by atoms with Crippen LogP contribution in [-0.2, 0) is 6.42 Å². The van der Waals surface area contributed by atoms with Gasteiger partial charge in [-0.1, -0.05) is 32.0 Å². The minimum Gasteiger partial charge on any atom is -0.493 e. The van der Waals surface area contributed by atoms with Gasteiger partial charge in [0, 0.05) is 12.6 Å². The molecular formula is C29H43NO4.